The molecule has 1 aromatic heterocycles. The van der Waals surface area contributed by atoms with Gasteiger partial charge in [-0.1, -0.05) is 0 Å². The maximum absolute atomic E-state index is 11.7. The van der Waals surface area contributed by atoms with Crippen LogP contribution in [0.2, 0.25) is 0 Å². The molecule has 0 fully saturated rings. The van der Waals surface area contributed by atoms with E-state index in [1.165, 1.54) is 6.33 Å². The highest BCUT2D eigenvalue weighted by Gasteiger charge is 2.11. The fourth-order valence-corrected chi connectivity index (χ4v) is 2.11. The number of nitrogen functional groups attached to an aromatic ring is 1. The second-order valence-electron chi connectivity index (χ2n) is 4.32. The van der Waals surface area contributed by atoms with Crippen LogP contribution in [-0.4, -0.2) is 34.8 Å². The number of H-pyrrole nitrogens is 1. The van der Waals surface area contributed by atoms with Crippen LogP contribution in [-0.2, 0) is 0 Å². The van der Waals surface area contributed by atoms with E-state index in [1.807, 2.05) is 13.0 Å². The molecule has 6 heteroatoms. The minimum atomic E-state index is -0.193. The van der Waals surface area contributed by atoms with Gasteiger partial charge in [-0.25, -0.2) is 4.98 Å². The van der Waals surface area contributed by atoms with Gasteiger partial charge in [0.2, 0.25) is 0 Å². The summed E-state index contributed by atoms with van der Waals surface area (Å²) >= 11 is 0. The molecule has 0 saturated heterocycles. The molecule has 0 spiro atoms. The average Bonchev–Trinajstić information content (AvgIpc) is 2.41. The Bertz CT molecular complexity index is 624. The van der Waals surface area contributed by atoms with E-state index < -0.39 is 0 Å². The van der Waals surface area contributed by atoms with E-state index in [-0.39, 0.29) is 12.2 Å². The van der Waals surface area contributed by atoms with E-state index in [0.29, 0.717) is 29.6 Å². The van der Waals surface area contributed by atoms with Crippen LogP contribution in [0.5, 0.6) is 0 Å². The first-order valence-corrected chi connectivity index (χ1v) is 6.30. The lowest BCUT2D eigenvalue weighted by atomic mass is 10.1. The van der Waals surface area contributed by atoms with Crippen molar-refractivity contribution in [1.29, 1.82) is 0 Å². The lowest BCUT2D eigenvalue weighted by molar-refractivity contribution is 0.289. The first-order valence-electron chi connectivity index (χ1n) is 6.30. The zero-order valence-electron chi connectivity index (χ0n) is 10.9. The molecule has 19 heavy (non-hydrogen) atoms. The van der Waals surface area contributed by atoms with Crippen molar-refractivity contribution in [3.63, 3.8) is 0 Å². The van der Waals surface area contributed by atoms with Crippen molar-refractivity contribution in [2.45, 2.75) is 13.3 Å². The number of anilines is 2. The Morgan fingerprint density at radius 3 is 2.95 bits per heavy atom. The molecule has 0 aliphatic carbocycles. The monoisotopic (exact) mass is 262 g/mol. The van der Waals surface area contributed by atoms with Gasteiger partial charge in [0.05, 0.1) is 28.6 Å². The third kappa shape index (κ3) is 2.68. The molecular formula is C13H18N4O2. The number of benzene rings is 1. The molecule has 0 radical (unpaired) electrons. The number of nitrogens with one attached hydrogen (secondary N) is 1. The smallest absolute Gasteiger partial charge is 0.258 e. The van der Waals surface area contributed by atoms with Gasteiger partial charge in [-0.2, -0.15) is 0 Å². The average molecular weight is 262 g/mol. The number of aromatic amines is 1. The predicted octanol–water partition coefficient (Wildman–Crippen LogP) is 0.714. The number of aromatic nitrogens is 2. The molecule has 1 aromatic carbocycles. The number of aliphatic hydroxyl groups excluding tert-OH is 1. The summed E-state index contributed by atoms with van der Waals surface area (Å²) in [6.07, 6.45) is 2.06. The van der Waals surface area contributed by atoms with E-state index in [2.05, 4.69) is 14.9 Å². The molecule has 0 atom stereocenters. The number of fused-ring (bicyclic) bond motifs is 1. The van der Waals surface area contributed by atoms with Crippen LogP contribution >= 0.6 is 0 Å². The summed E-state index contributed by atoms with van der Waals surface area (Å²) in [6, 6.07) is 3.47. The Hall–Kier alpha value is -2.08. The SMILES string of the molecule is CCN(CCCO)c1cc2nc[nH]c(=O)c2cc1N. The summed E-state index contributed by atoms with van der Waals surface area (Å²) in [5.41, 5.74) is 7.84. The Morgan fingerprint density at radius 1 is 1.47 bits per heavy atom. The van der Waals surface area contributed by atoms with Crippen molar-refractivity contribution in [1.82, 2.24) is 9.97 Å². The van der Waals surface area contributed by atoms with Crippen molar-refractivity contribution >= 4 is 22.3 Å². The van der Waals surface area contributed by atoms with Gasteiger partial charge in [0, 0.05) is 19.7 Å². The second-order valence-corrected chi connectivity index (χ2v) is 4.32. The van der Waals surface area contributed by atoms with Gasteiger partial charge in [0.15, 0.2) is 0 Å². The fourth-order valence-electron chi connectivity index (χ4n) is 2.11. The first-order chi connectivity index (χ1) is 9.17. The Labute approximate surface area is 110 Å². The molecule has 102 valence electrons. The van der Waals surface area contributed by atoms with Crippen LogP contribution in [0.25, 0.3) is 10.9 Å². The molecule has 0 bridgehead atoms. The standard InChI is InChI=1S/C13H18N4O2/c1-2-17(4-3-5-18)12-7-11-9(6-10(12)14)13(19)16-8-15-11/h6-8,18H,2-5,14H2,1H3,(H,15,16,19). The lowest BCUT2D eigenvalue weighted by Gasteiger charge is -2.24. The van der Waals surface area contributed by atoms with Gasteiger partial charge in [-0.3, -0.25) is 4.79 Å². The van der Waals surface area contributed by atoms with Crippen molar-refractivity contribution in [3.05, 3.63) is 28.8 Å². The third-order valence-corrected chi connectivity index (χ3v) is 3.10. The molecule has 2 rings (SSSR count). The molecular weight excluding hydrogens is 244 g/mol. The molecule has 6 nitrogen and oxygen atoms in total. The fraction of sp³-hybridized carbons (Fsp3) is 0.385. The van der Waals surface area contributed by atoms with E-state index in [4.69, 9.17) is 10.8 Å². The topological polar surface area (TPSA) is 95.2 Å². The van der Waals surface area contributed by atoms with Gasteiger partial charge in [0.25, 0.3) is 5.56 Å². The largest absolute Gasteiger partial charge is 0.397 e. The molecule has 0 aliphatic heterocycles. The number of hydrogen-bond acceptors (Lipinski definition) is 5. The van der Waals surface area contributed by atoms with Gasteiger partial charge in [0.1, 0.15) is 0 Å². The highest BCUT2D eigenvalue weighted by molar-refractivity contribution is 5.88. The number of nitrogens with zero attached hydrogens (tertiary/aromatic N) is 2. The van der Waals surface area contributed by atoms with Crippen LogP contribution in [0, 0.1) is 0 Å². The zero-order valence-corrected chi connectivity index (χ0v) is 10.9. The molecule has 0 aliphatic rings. The molecule has 0 unspecified atom stereocenters. The van der Waals surface area contributed by atoms with Crippen LogP contribution in [0.1, 0.15) is 13.3 Å². The summed E-state index contributed by atoms with van der Waals surface area (Å²) in [7, 11) is 0. The van der Waals surface area contributed by atoms with E-state index in [1.54, 1.807) is 6.07 Å². The van der Waals surface area contributed by atoms with E-state index in [0.717, 1.165) is 12.2 Å². The summed E-state index contributed by atoms with van der Waals surface area (Å²) in [5.74, 6) is 0. The van der Waals surface area contributed by atoms with Gasteiger partial charge < -0.3 is 20.7 Å². The maximum atomic E-state index is 11.7. The first kappa shape index (κ1) is 13.4. The van der Waals surface area contributed by atoms with Crippen LogP contribution in [0.3, 0.4) is 0 Å². The molecule has 1 heterocycles. The Balaban J connectivity index is 2.48. The van der Waals surface area contributed by atoms with Crippen molar-refractivity contribution < 1.29 is 5.11 Å². The summed E-state index contributed by atoms with van der Waals surface area (Å²) in [4.78, 5) is 20.4. The number of nitrogens with two attached hydrogens (primary N) is 1. The van der Waals surface area contributed by atoms with Gasteiger partial charge in [-0.05, 0) is 25.5 Å². The highest BCUT2D eigenvalue weighted by Crippen LogP contribution is 2.26. The quantitative estimate of drug-likeness (QED) is 0.690. The maximum Gasteiger partial charge on any atom is 0.258 e. The summed E-state index contributed by atoms with van der Waals surface area (Å²) in [6.45, 7) is 3.65. The molecule has 4 N–H and O–H groups in total. The lowest BCUT2D eigenvalue weighted by Crippen LogP contribution is -2.25. The van der Waals surface area contributed by atoms with Crippen LogP contribution in [0.4, 0.5) is 11.4 Å². The number of aliphatic hydroxyl groups is 1. The summed E-state index contributed by atoms with van der Waals surface area (Å²) < 4.78 is 0. The third-order valence-electron chi connectivity index (χ3n) is 3.10. The van der Waals surface area contributed by atoms with Crippen LogP contribution < -0.4 is 16.2 Å². The highest BCUT2D eigenvalue weighted by atomic mass is 16.3. The number of rotatable bonds is 5. The molecule has 0 amide bonds. The van der Waals surface area contributed by atoms with E-state index >= 15 is 0 Å². The summed E-state index contributed by atoms with van der Waals surface area (Å²) in [5, 5.41) is 9.41. The predicted molar refractivity (Wildman–Crippen MR) is 76.4 cm³/mol. The van der Waals surface area contributed by atoms with Gasteiger partial charge in [-0.15, -0.1) is 0 Å². The van der Waals surface area contributed by atoms with E-state index in [9.17, 15) is 4.79 Å². The van der Waals surface area contributed by atoms with Crippen molar-refractivity contribution in [2.24, 2.45) is 0 Å². The minimum Gasteiger partial charge on any atom is -0.397 e. The van der Waals surface area contributed by atoms with Gasteiger partial charge >= 0.3 is 0 Å². The van der Waals surface area contributed by atoms with Crippen LogP contribution in [0.15, 0.2) is 23.3 Å². The Kier molecular flexibility index (Phi) is 4.01. The zero-order chi connectivity index (χ0) is 13.8. The van der Waals surface area contributed by atoms with Crippen molar-refractivity contribution in [3.8, 4) is 0 Å². The second kappa shape index (κ2) is 5.71. The van der Waals surface area contributed by atoms with Crippen molar-refractivity contribution in [2.75, 3.05) is 30.3 Å². The molecule has 2 aromatic rings. The minimum absolute atomic E-state index is 0.141. The number of hydrogen-bond donors (Lipinski definition) is 3. The Morgan fingerprint density at radius 2 is 2.26 bits per heavy atom. The molecule has 0 saturated carbocycles. The normalized spacial score (nSPS) is 10.8.